The zero-order valence-electron chi connectivity index (χ0n) is 10.9. The molecule has 1 unspecified atom stereocenters. The maximum absolute atomic E-state index is 6.30. The van der Waals surface area contributed by atoms with Crippen LogP contribution in [0.1, 0.15) is 18.5 Å². The van der Waals surface area contributed by atoms with Crippen LogP contribution in [0.3, 0.4) is 0 Å². The van der Waals surface area contributed by atoms with Gasteiger partial charge in [0.05, 0.1) is 16.1 Å². The van der Waals surface area contributed by atoms with Crippen LogP contribution in [0.15, 0.2) is 52.5 Å². The third kappa shape index (κ3) is 2.68. The molecule has 0 fully saturated rings. The predicted molar refractivity (Wildman–Crippen MR) is 84.3 cm³/mol. The first-order chi connectivity index (χ1) is 9.63. The van der Waals surface area contributed by atoms with Gasteiger partial charge in [-0.3, -0.25) is 0 Å². The Morgan fingerprint density at radius 1 is 1.25 bits per heavy atom. The van der Waals surface area contributed by atoms with Crippen LogP contribution < -0.4 is 5.73 Å². The van der Waals surface area contributed by atoms with E-state index in [4.69, 9.17) is 17.3 Å². The van der Waals surface area contributed by atoms with Crippen molar-refractivity contribution < 1.29 is 0 Å². The number of fused-ring (bicyclic) bond motifs is 1. The molecule has 3 aromatic rings. The van der Waals surface area contributed by atoms with Gasteiger partial charge in [-0.1, -0.05) is 41.6 Å². The Hall–Kier alpha value is -1.49. The van der Waals surface area contributed by atoms with Crippen LogP contribution in [-0.4, -0.2) is 9.97 Å². The van der Waals surface area contributed by atoms with Crippen LogP contribution in [0.4, 0.5) is 0 Å². The van der Waals surface area contributed by atoms with E-state index in [2.05, 4.69) is 9.97 Å². The van der Waals surface area contributed by atoms with Crippen molar-refractivity contribution in [2.45, 2.75) is 23.0 Å². The van der Waals surface area contributed by atoms with Gasteiger partial charge < -0.3 is 10.7 Å². The Morgan fingerprint density at radius 2 is 2.05 bits per heavy atom. The number of para-hydroxylation sites is 2. The lowest BCUT2D eigenvalue weighted by atomic mass is 10.1. The fourth-order valence-corrected chi connectivity index (χ4v) is 3.08. The Bertz CT molecular complexity index is 719. The summed E-state index contributed by atoms with van der Waals surface area (Å²) in [6, 6.07) is 13.8. The molecule has 3 rings (SSSR count). The summed E-state index contributed by atoms with van der Waals surface area (Å²) in [5, 5.41) is 1.53. The Morgan fingerprint density at radius 3 is 2.75 bits per heavy atom. The van der Waals surface area contributed by atoms with E-state index in [9.17, 15) is 0 Å². The van der Waals surface area contributed by atoms with Gasteiger partial charge in [-0.15, -0.1) is 0 Å². The molecular weight excluding hydrogens is 290 g/mol. The second-order valence-electron chi connectivity index (χ2n) is 4.64. The number of rotatable bonds is 3. The number of hydrogen-bond donors (Lipinski definition) is 2. The van der Waals surface area contributed by atoms with Gasteiger partial charge in [-0.2, -0.15) is 0 Å². The Balaban J connectivity index is 1.90. The summed E-state index contributed by atoms with van der Waals surface area (Å²) in [4.78, 5) is 8.78. The topological polar surface area (TPSA) is 54.7 Å². The van der Waals surface area contributed by atoms with Crippen LogP contribution in [0.2, 0.25) is 5.02 Å². The molecule has 3 N–H and O–H groups in total. The Kier molecular flexibility index (Phi) is 3.70. The van der Waals surface area contributed by atoms with Crippen LogP contribution in [-0.2, 0) is 0 Å². The van der Waals surface area contributed by atoms with Gasteiger partial charge in [0.1, 0.15) is 0 Å². The number of H-pyrrole nitrogens is 1. The minimum atomic E-state index is -0.0160. The highest BCUT2D eigenvalue weighted by Gasteiger charge is 2.09. The molecule has 2 aromatic carbocycles. The summed E-state index contributed by atoms with van der Waals surface area (Å²) in [7, 11) is 0. The first-order valence-electron chi connectivity index (χ1n) is 6.31. The van der Waals surface area contributed by atoms with Crippen LogP contribution in [0.5, 0.6) is 0 Å². The van der Waals surface area contributed by atoms with Gasteiger partial charge in [0.2, 0.25) is 0 Å². The minimum Gasteiger partial charge on any atom is -0.333 e. The second-order valence-corrected chi connectivity index (χ2v) is 6.08. The van der Waals surface area contributed by atoms with Gasteiger partial charge in [-0.25, -0.2) is 4.98 Å². The third-order valence-corrected chi connectivity index (χ3v) is 4.44. The van der Waals surface area contributed by atoms with E-state index in [1.165, 1.54) is 11.8 Å². The average molecular weight is 304 g/mol. The van der Waals surface area contributed by atoms with Crippen molar-refractivity contribution in [2.24, 2.45) is 5.73 Å². The molecule has 1 aromatic heterocycles. The molecule has 0 amide bonds. The molecule has 0 saturated heterocycles. The highest BCUT2D eigenvalue weighted by Crippen LogP contribution is 2.34. The van der Waals surface area contributed by atoms with Crippen molar-refractivity contribution in [3.8, 4) is 0 Å². The van der Waals surface area contributed by atoms with E-state index < -0.39 is 0 Å². The van der Waals surface area contributed by atoms with Gasteiger partial charge >= 0.3 is 0 Å². The monoisotopic (exact) mass is 303 g/mol. The van der Waals surface area contributed by atoms with Crippen molar-refractivity contribution in [1.29, 1.82) is 0 Å². The maximum atomic E-state index is 6.30. The van der Waals surface area contributed by atoms with E-state index in [0.29, 0.717) is 5.02 Å². The van der Waals surface area contributed by atoms with Crippen molar-refractivity contribution in [1.82, 2.24) is 9.97 Å². The quantitative estimate of drug-likeness (QED) is 0.754. The van der Waals surface area contributed by atoms with E-state index in [1.54, 1.807) is 0 Å². The van der Waals surface area contributed by atoms with E-state index >= 15 is 0 Å². The first-order valence-corrected chi connectivity index (χ1v) is 7.50. The van der Waals surface area contributed by atoms with Gasteiger partial charge in [0.25, 0.3) is 0 Å². The fraction of sp³-hybridized carbons (Fsp3) is 0.133. The number of imidazole rings is 1. The summed E-state index contributed by atoms with van der Waals surface area (Å²) >= 11 is 7.82. The summed E-state index contributed by atoms with van der Waals surface area (Å²) in [5.74, 6) is 0. The van der Waals surface area contributed by atoms with Crippen LogP contribution in [0.25, 0.3) is 11.0 Å². The molecule has 1 heterocycles. The lowest BCUT2D eigenvalue weighted by Gasteiger charge is -2.08. The fourth-order valence-electron chi connectivity index (χ4n) is 1.96. The standard InChI is InChI=1S/C15H14ClN3S/c1-9(17)10-6-7-14(11(16)8-10)20-15-18-12-4-2-3-5-13(12)19-15/h2-9H,17H2,1H3,(H,18,19). The Labute approximate surface area is 126 Å². The van der Waals surface area contributed by atoms with Crippen molar-refractivity contribution >= 4 is 34.4 Å². The maximum Gasteiger partial charge on any atom is 0.171 e. The molecular formula is C15H14ClN3S. The molecule has 0 aliphatic heterocycles. The van der Waals surface area contributed by atoms with Gasteiger partial charge in [0.15, 0.2) is 5.16 Å². The molecule has 0 aliphatic rings. The summed E-state index contributed by atoms with van der Waals surface area (Å²) in [5.41, 5.74) is 8.87. The van der Waals surface area contributed by atoms with Gasteiger partial charge in [0, 0.05) is 10.9 Å². The van der Waals surface area contributed by atoms with Crippen molar-refractivity contribution in [2.75, 3.05) is 0 Å². The minimum absolute atomic E-state index is 0.0160. The SMILES string of the molecule is CC(N)c1ccc(Sc2nc3ccccc3[nH]2)c(Cl)c1. The van der Waals surface area contributed by atoms with E-state index in [-0.39, 0.29) is 6.04 Å². The molecule has 0 spiro atoms. The molecule has 0 saturated carbocycles. The first kappa shape index (κ1) is 13.5. The summed E-state index contributed by atoms with van der Waals surface area (Å²) < 4.78 is 0. The summed E-state index contributed by atoms with van der Waals surface area (Å²) in [6.45, 7) is 1.94. The molecule has 20 heavy (non-hydrogen) atoms. The molecule has 0 aliphatic carbocycles. The van der Waals surface area contributed by atoms with Crippen molar-refractivity contribution in [3.63, 3.8) is 0 Å². The average Bonchev–Trinajstić information content (AvgIpc) is 2.83. The number of hydrogen-bond acceptors (Lipinski definition) is 3. The third-order valence-electron chi connectivity index (χ3n) is 3.06. The largest absolute Gasteiger partial charge is 0.333 e. The van der Waals surface area contributed by atoms with Gasteiger partial charge in [-0.05, 0) is 36.8 Å². The highest BCUT2D eigenvalue weighted by atomic mass is 35.5. The lowest BCUT2D eigenvalue weighted by Crippen LogP contribution is -2.04. The molecule has 3 nitrogen and oxygen atoms in total. The molecule has 102 valence electrons. The van der Waals surface area contributed by atoms with E-state index in [1.807, 2.05) is 49.4 Å². The van der Waals surface area contributed by atoms with Crippen molar-refractivity contribution in [3.05, 3.63) is 53.1 Å². The van der Waals surface area contributed by atoms with Crippen LogP contribution in [0, 0.1) is 0 Å². The number of nitrogens with two attached hydrogens (primary N) is 1. The zero-order chi connectivity index (χ0) is 14.1. The lowest BCUT2D eigenvalue weighted by molar-refractivity contribution is 0.817. The van der Waals surface area contributed by atoms with Crippen LogP contribution >= 0.6 is 23.4 Å². The normalized spacial score (nSPS) is 12.8. The summed E-state index contributed by atoms with van der Waals surface area (Å²) in [6.07, 6.45) is 0. The number of nitrogens with zero attached hydrogens (tertiary/aromatic N) is 1. The smallest absolute Gasteiger partial charge is 0.171 e. The molecule has 0 radical (unpaired) electrons. The molecule has 0 bridgehead atoms. The number of halogens is 1. The second kappa shape index (κ2) is 5.48. The number of nitrogens with one attached hydrogen (secondary N) is 1. The molecule has 1 atom stereocenters. The highest BCUT2D eigenvalue weighted by molar-refractivity contribution is 7.99. The predicted octanol–water partition coefficient (Wildman–Crippen LogP) is 4.39. The van der Waals surface area contributed by atoms with E-state index in [0.717, 1.165) is 26.6 Å². The molecule has 5 heteroatoms. The number of aromatic amines is 1. The number of benzene rings is 2. The zero-order valence-corrected chi connectivity index (χ0v) is 12.5. The number of aromatic nitrogens is 2.